The summed E-state index contributed by atoms with van der Waals surface area (Å²) in [5, 5.41) is 5.85. The molecule has 0 aliphatic carbocycles. The lowest BCUT2D eigenvalue weighted by Gasteiger charge is -2.11. The summed E-state index contributed by atoms with van der Waals surface area (Å²) >= 11 is 0. The molecule has 0 spiro atoms. The van der Waals surface area contributed by atoms with E-state index in [1.165, 1.54) is 5.56 Å². The van der Waals surface area contributed by atoms with Crippen molar-refractivity contribution >= 4 is 11.6 Å². The zero-order valence-corrected chi connectivity index (χ0v) is 10.8. The van der Waals surface area contributed by atoms with Gasteiger partial charge in [0.1, 0.15) is 0 Å². The van der Waals surface area contributed by atoms with Crippen LogP contribution in [0.3, 0.4) is 0 Å². The average molecular weight is 235 g/mol. The molecule has 2 N–H and O–H groups in total. The van der Waals surface area contributed by atoms with Gasteiger partial charge in [-0.15, -0.1) is 0 Å². The molecule has 1 amide bonds. The second kappa shape index (κ2) is 7.04. The summed E-state index contributed by atoms with van der Waals surface area (Å²) in [6.07, 6.45) is 0.494. The Morgan fingerprint density at radius 1 is 1.35 bits per heavy atom. The van der Waals surface area contributed by atoms with Gasteiger partial charge < -0.3 is 15.5 Å². The number of carbonyl (C=O) groups excluding carboxylic acids is 1. The van der Waals surface area contributed by atoms with E-state index in [0.29, 0.717) is 13.0 Å². The highest BCUT2D eigenvalue weighted by atomic mass is 16.1. The topological polar surface area (TPSA) is 44.4 Å². The minimum atomic E-state index is 0.0429. The molecule has 1 aromatic carbocycles. The van der Waals surface area contributed by atoms with Crippen LogP contribution in [0.15, 0.2) is 24.3 Å². The molecule has 0 aromatic heterocycles. The predicted molar refractivity (Wildman–Crippen MR) is 71.0 cm³/mol. The van der Waals surface area contributed by atoms with Gasteiger partial charge in [-0.2, -0.15) is 0 Å². The minimum absolute atomic E-state index is 0.0429. The number of nitrogens with zero attached hydrogens (tertiary/aromatic N) is 1. The highest BCUT2D eigenvalue weighted by Crippen LogP contribution is 2.11. The third kappa shape index (κ3) is 5.47. The second-order valence-electron chi connectivity index (χ2n) is 4.34. The first-order valence-corrected chi connectivity index (χ1v) is 5.80. The molecule has 0 aliphatic rings. The van der Waals surface area contributed by atoms with Gasteiger partial charge in [-0.3, -0.25) is 4.79 Å². The van der Waals surface area contributed by atoms with E-state index in [4.69, 9.17) is 0 Å². The summed E-state index contributed by atoms with van der Waals surface area (Å²) in [6.45, 7) is 1.57. The van der Waals surface area contributed by atoms with Crippen LogP contribution in [0.1, 0.15) is 12.0 Å². The van der Waals surface area contributed by atoms with Crippen LogP contribution in [0.2, 0.25) is 0 Å². The molecule has 0 saturated carbocycles. The van der Waals surface area contributed by atoms with Crippen LogP contribution in [-0.2, 0) is 11.3 Å². The van der Waals surface area contributed by atoms with Gasteiger partial charge in [0.15, 0.2) is 0 Å². The molecule has 0 saturated heterocycles. The molecule has 0 unspecified atom stereocenters. The number of nitrogens with one attached hydrogen (secondary N) is 2. The lowest BCUT2D eigenvalue weighted by molar-refractivity contribution is -0.116. The van der Waals surface area contributed by atoms with E-state index in [9.17, 15) is 4.79 Å². The smallest absolute Gasteiger partial charge is 0.225 e. The summed E-state index contributed by atoms with van der Waals surface area (Å²) in [5.74, 6) is 0.0429. The molecule has 4 heteroatoms. The monoisotopic (exact) mass is 235 g/mol. The first-order valence-electron chi connectivity index (χ1n) is 5.80. The molecule has 0 heterocycles. The van der Waals surface area contributed by atoms with Gasteiger partial charge in [0, 0.05) is 25.2 Å². The van der Waals surface area contributed by atoms with Crippen LogP contribution in [0.4, 0.5) is 5.69 Å². The lowest BCUT2D eigenvalue weighted by atomic mass is 10.2. The van der Waals surface area contributed by atoms with Crippen molar-refractivity contribution in [1.82, 2.24) is 10.2 Å². The summed E-state index contributed by atoms with van der Waals surface area (Å²) < 4.78 is 0. The normalized spacial score (nSPS) is 10.6. The molecule has 0 atom stereocenters. The molecular weight excluding hydrogens is 214 g/mol. The van der Waals surface area contributed by atoms with Crippen LogP contribution in [0.5, 0.6) is 0 Å². The minimum Gasteiger partial charge on any atom is -0.326 e. The Morgan fingerprint density at radius 2 is 2.12 bits per heavy atom. The van der Waals surface area contributed by atoms with E-state index < -0.39 is 0 Å². The number of hydrogen-bond donors (Lipinski definition) is 2. The fourth-order valence-corrected chi connectivity index (χ4v) is 1.57. The third-order valence-electron chi connectivity index (χ3n) is 2.31. The van der Waals surface area contributed by atoms with Crippen LogP contribution in [-0.4, -0.2) is 38.5 Å². The fraction of sp³-hybridized carbons (Fsp3) is 0.462. The van der Waals surface area contributed by atoms with Gasteiger partial charge in [-0.25, -0.2) is 0 Å². The quantitative estimate of drug-likeness (QED) is 0.781. The van der Waals surface area contributed by atoms with E-state index >= 15 is 0 Å². The SMILES string of the molecule is CNCCC(=O)Nc1cccc(CN(C)C)c1. The maximum Gasteiger partial charge on any atom is 0.225 e. The Morgan fingerprint density at radius 3 is 2.76 bits per heavy atom. The summed E-state index contributed by atoms with van der Waals surface area (Å²) in [5.41, 5.74) is 2.06. The van der Waals surface area contributed by atoms with Gasteiger partial charge in [0.25, 0.3) is 0 Å². The molecule has 0 aliphatic heterocycles. The first kappa shape index (κ1) is 13.7. The van der Waals surface area contributed by atoms with Gasteiger partial charge in [-0.05, 0) is 38.8 Å². The fourth-order valence-electron chi connectivity index (χ4n) is 1.57. The van der Waals surface area contributed by atoms with Crippen molar-refractivity contribution in [3.8, 4) is 0 Å². The zero-order valence-electron chi connectivity index (χ0n) is 10.8. The van der Waals surface area contributed by atoms with E-state index in [1.54, 1.807) is 0 Å². The van der Waals surface area contributed by atoms with Crippen molar-refractivity contribution in [2.45, 2.75) is 13.0 Å². The van der Waals surface area contributed by atoms with Gasteiger partial charge in [0.2, 0.25) is 5.91 Å². The van der Waals surface area contributed by atoms with E-state index in [1.807, 2.05) is 39.3 Å². The summed E-state index contributed by atoms with van der Waals surface area (Å²) in [4.78, 5) is 13.6. The van der Waals surface area contributed by atoms with E-state index in [2.05, 4.69) is 21.6 Å². The molecule has 0 fully saturated rings. The van der Waals surface area contributed by atoms with Crippen molar-refractivity contribution in [1.29, 1.82) is 0 Å². The number of hydrogen-bond acceptors (Lipinski definition) is 3. The molecule has 17 heavy (non-hydrogen) atoms. The largest absolute Gasteiger partial charge is 0.326 e. The van der Waals surface area contributed by atoms with Crippen molar-refractivity contribution < 1.29 is 4.79 Å². The Hall–Kier alpha value is -1.39. The molecular formula is C13H21N3O. The van der Waals surface area contributed by atoms with E-state index in [0.717, 1.165) is 12.2 Å². The second-order valence-corrected chi connectivity index (χ2v) is 4.34. The summed E-state index contributed by atoms with van der Waals surface area (Å²) in [7, 11) is 5.89. The number of rotatable bonds is 6. The Labute approximate surface area is 103 Å². The highest BCUT2D eigenvalue weighted by Gasteiger charge is 2.02. The van der Waals surface area contributed by atoms with E-state index in [-0.39, 0.29) is 5.91 Å². The van der Waals surface area contributed by atoms with Gasteiger partial charge in [-0.1, -0.05) is 12.1 Å². The van der Waals surface area contributed by atoms with Gasteiger partial charge in [0.05, 0.1) is 0 Å². The zero-order chi connectivity index (χ0) is 12.7. The first-order chi connectivity index (χ1) is 8.11. The van der Waals surface area contributed by atoms with Crippen LogP contribution in [0, 0.1) is 0 Å². The molecule has 1 rings (SSSR count). The Balaban J connectivity index is 2.56. The molecule has 0 bridgehead atoms. The van der Waals surface area contributed by atoms with Gasteiger partial charge >= 0.3 is 0 Å². The number of anilines is 1. The summed E-state index contributed by atoms with van der Waals surface area (Å²) in [6, 6.07) is 7.95. The van der Waals surface area contributed by atoms with Crippen molar-refractivity contribution in [3.63, 3.8) is 0 Å². The molecule has 0 radical (unpaired) electrons. The van der Waals surface area contributed by atoms with Crippen molar-refractivity contribution in [3.05, 3.63) is 29.8 Å². The molecule has 94 valence electrons. The Kier molecular flexibility index (Phi) is 5.66. The standard InChI is InChI=1S/C13H21N3O/c1-14-8-7-13(17)15-12-6-4-5-11(9-12)10-16(2)3/h4-6,9,14H,7-8,10H2,1-3H3,(H,15,17). The van der Waals surface area contributed by atoms with Crippen molar-refractivity contribution in [2.24, 2.45) is 0 Å². The average Bonchev–Trinajstić information content (AvgIpc) is 2.26. The number of benzene rings is 1. The molecule has 4 nitrogen and oxygen atoms in total. The predicted octanol–water partition coefficient (Wildman–Crippen LogP) is 1.30. The van der Waals surface area contributed by atoms with Crippen LogP contribution >= 0.6 is 0 Å². The Bertz CT molecular complexity index is 363. The van der Waals surface area contributed by atoms with Crippen LogP contribution in [0.25, 0.3) is 0 Å². The van der Waals surface area contributed by atoms with Crippen LogP contribution < -0.4 is 10.6 Å². The maximum atomic E-state index is 11.5. The highest BCUT2D eigenvalue weighted by molar-refractivity contribution is 5.90. The molecule has 1 aromatic rings. The third-order valence-corrected chi connectivity index (χ3v) is 2.31. The maximum absolute atomic E-state index is 11.5. The number of amides is 1. The lowest BCUT2D eigenvalue weighted by Crippen LogP contribution is -2.19. The van der Waals surface area contributed by atoms with Crippen molar-refractivity contribution in [2.75, 3.05) is 33.0 Å². The number of carbonyl (C=O) groups is 1.